The van der Waals surface area contributed by atoms with Crippen molar-refractivity contribution >= 4 is 17.9 Å². The fourth-order valence-corrected chi connectivity index (χ4v) is 6.56. The van der Waals surface area contributed by atoms with Gasteiger partial charge in [0.2, 0.25) is 5.91 Å². The summed E-state index contributed by atoms with van der Waals surface area (Å²) in [6, 6.07) is 12.6. The highest BCUT2D eigenvalue weighted by Crippen LogP contribution is 2.33. The van der Waals surface area contributed by atoms with E-state index >= 15 is 0 Å². The van der Waals surface area contributed by atoms with Crippen LogP contribution in [0.25, 0.3) is 0 Å². The van der Waals surface area contributed by atoms with Crippen LogP contribution in [0.1, 0.15) is 89.1 Å². The number of rotatable bonds is 16. The van der Waals surface area contributed by atoms with Crippen molar-refractivity contribution in [3.8, 4) is 17.2 Å². The zero-order valence-corrected chi connectivity index (χ0v) is 31.2. The smallest absolute Gasteiger partial charge is 0.410 e. The molecule has 2 aromatic rings. The van der Waals surface area contributed by atoms with Crippen molar-refractivity contribution in [1.29, 1.82) is 0 Å². The summed E-state index contributed by atoms with van der Waals surface area (Å²) in [5, 5.41) is 0. The molecule has 4 rings (SSSR count). The molecule has 11 heteroatoms. The number of hydrogen-bond acceptors (Lipinski definition) is 8. The molecule has 1 aliphatic heterocycles. The molecule has 276 valence electrons. The fraction of sp³-hybridized carbons (Fsp3) is 0.615. The number of benzene rings is 2. The van der Waals surface area contributed by atoms with Gasteiger partial charge in [-0.3, -0.25) is 9.59 Å². The monoisotopic (exact) mass is 695 g/mol. The number of likely N-dealkylation sites (tertiary alicyclic amines) is 1. The number of ether oxygens (including phenoxy) is 5. The molecular formula is C39H57N3O8. The summed E-state index contributed by atoms with van der Waals surface area (Å²) in [5.41, 5.74) is 0.749. The summed E-state index contributed by atoms with van der Waals surface area (Å²) in [6.45, 7) is 11.4. The zero-order valence-electron chi connectivity index (χ0n) is 31.2. The van der Waals surface area contributed by atoms with Crippen molar-refractivity contribution in [2.75, 3.05) is 47.6 Å². The fourth-order valence-electron chi connectivity index (χ4n) is 6.56. The maximum atomic E-state index is 14.2. The van der Waals surface area contributed by atoms with Crippen LogP contribution in [0.4, 0.5) is 4.79 Å². The Hall–Kier alpha value is -3.99. The second kappa shape index (κ2) is 17.8. The first-order valence-corrected chi connectivity index (χ1v) is 17.9. The highest BCUT2D eigenvalue weighted by Gasteiger charge is 2.40. The van der Waals surface area contributed by atoms with Crippen molar-refractivity contribution in [1.82, 2.24) is 14.7 Å². The van der Waals surface area contributed by atoms with E-state index in [4.69, 9.17) is 23.7 Å². The van der Waals surface area contributed by atoms with E-state index in [0.717, 1.165) is 24.2 Å². The predicted molar refractivity (Wildman–Crippen MR) is 192 cm³/mol. The molecule has 2 aliphatic rings. The van der Waals surface area contributed by atoms with Crippen molar-refractivity contribution in [2.45, 2.75) is 109 Å². The van der Waals surface area contributed by atoms with Gasteiger partial charge < -0.3 is 38.4 Å². The van der Waals surface area contributed by atoms with Crippen molar-refractivity contribution in [2.24, 2.45) is 0 Å². The number of piperidine rings is 1. The minimum atomic E-state index is -0.681. The SMILES string of the molecule is COCCCOc1cc(C(=O)N(C(C)C)[C@@H]2CC[C@H](CCN(C(=O)Cc3ccc(OC)cc3)C3CC3)N(C(=O)OC(C)(C)C)C2)ccc1OC. The topological polar surface area (TPSA) is 107 Å². The highest BCUT2D eigenvalue weighted by atomic mass is 16.6. The molecule has 0 bridgehead atoms. The standard InChI is InChI=1S/C39H57N3O8/c1-27(2)42(37(44)29-12-19-34(48-8)35(25-29)49-23-9-22-46-6)32-16-15-31(41(26-32)38(45)50-39(3,4)5)20-21-40(30-13-14-30)36(43)24-28-10-17-33(47-7)18-11-28/h10-12,17-19,25,27,30-32H,9,13-16,20-24,26H2,1-8H3/t31-,32-/m1/s1. The third kappa shape index (κ3) is 10.8. The first-order chi connectivity index (χ1) is 23.8. The molecular weight excluding hydrogens is 638 g/mol. The van der Waals surface area contributed by atoms with E-state index in [9.17, 15) is 14.4 Å². The lowest BCUT2D eigenvalue weighted by Crippen LogP contribution is -2.58. The number of nitrogens with zero attached hydrogens (tertiary/aromatic N) is 3. The molecule has 1 aliphatic carbocycles. The number of hydrogen-bond donors (Lipinski definition) is 0. The van der Waals surface area contributed by atoms with Gasteiger partial charge in [-0.15, -0.1) is 0 Å². The van der Waals surface area contributed by atoms with Gasteiger partial charge in [-0.25, -0.2) is 4.79 Å². The van der Waals surface area contributed by atoms with Crippen molar-refractivity contribution in [3.05, 3.63) is 53.6 Å². The summed E-state index contributed by atoms with van der Waals surface area (Å²) in [4.78, 5) is 47.1. The number of amides is 3. The van der Waals surface area contributed by atoms with Crippen LogP contribution in [0.3, 0.4) is 0 Å². The summed E-state index contributed by atoms with van der Waals surface area (Å²) >= 11 is 0. The zero-order chi connectivity index (χ0) is 36.4. The van der Waals surface area contributed by atoms with Gasteiger partial charge in [0, 0.05) is 56.9 Å². The van der Waals surface area contributed by atoms with Crippen molar-refractivity contribution in [3.63, 3.8) is 0 Å². The Balaban J connectivity index is 1.50. The van der Waals surface area contributed by atoms with Crippen LogP contribution in [-0.2, 0) is 20.7 Å². The predicted octanol–water partition coefficient (Wildman–Crippen LogP) is 6.36. The lowest BCUT2D eigenvalue weighted by atomic mass is 9.93. The van der Waals surface area contributed by atoms with E-state index in [2.05, 4.69) is 0 Å². The molecule has 1 saturated heterocycles. The molecule has 0 radical (unpaired) electrons. The summed E-state index contributed by atoms with van der Waals surface area (Å²) < 4.78 is 27.8. The molecule has 1 heterocycles. The van der Waals surface area contributed by atoms with E-state index in [-0.39, 0.29) is 36.0 Å². The summed E-state index contributed by atoms with van der Waals surface area (Å²) in [5.74, 6) is 1.76. The van der Waals surface area contributed by atoms with Crippen LogP contribution < -0.4 is 14.2 Å². The summed E-state index contributed by atoms with van der Waals surface area (Å²) in [6.07, 6.45) is 4.64. The molecule has 2 atom stereocenters. The van der Waals surface area contributed by atoms with E-state index in [1.165, 1.54) is 0 Å². The minimum Gasteiger partial charge on any atom is -0.497 e. The van der Waals surface area contributed by atoms with Gasteiger partial charge in [-0.1, -0.05) is 12.1 Å². The first kappa shape index (κ1) is 38.8. The third-order valence-corrected chi connectivity index (χ3v) is 9.18. The van der Waals surface area contributed by atoms with E-state index < -0.39 is 11.7 Å². The summed E-state index contributed by atoms with van der Waals surface area (Å²) in [7, 11) is 4.84. The van der Waals surface area contributed by atoms with Gasteiger partial charge in [0.25, 0.3) is 5.91 Å². The lowest BCUT2D eigenvalue weighted by molar-refractivity contribution is -0.131. The maximum absolute atomic E-state index is 14.2. The second-order valence-corrected chi connectivity index (χ2v) is 14.5. The average Bonchev–Trinajstić information content (AvgIpc) is 3.92. The maximum Gasteiger partial charge on any atom is 0.410 e. The van der Waals surface area contributed by atoms with Gasteiger partial charge >= 0.3 is 6.09 Å². The van der Waals surface area contributed by atoms with Crippen LogP contribution in [0, 0.1) is 0 Å². The molecule has 0 spiro atoms. The Bertz CT molecular complexity index is 1420. The van der Waals surface area contributed by atoms with Crippen LogP contribution in [0.2, 0.25) is 0 Å². The third-order valence-electron chi connectivity index (χ3n) is 9.18. The Labute approximate surface area is 298 Å². The van der Waals surface area contributed by atoms with E-state index in [1.54, 1.807) is 44.4 Å². The first-order valence-electron chi connectivity index (χ1n) is 17.9. The Morgan fingerprint density at radius 1 is 0.880 bits per heavy atom. The van der Waals surface area contributed by atoms with Gasteiger partial charge in [-0.2, -0.15) is 0 Å². The van der Waals surface area contributed by atoms with Crippen LogP contribution >= 0.6 is 0 Å². The molecule has 0 N–H and O–H groups in total. The van der Waals surface area contributed by atoms with Gasteiger partial charge in [0.1, 0.15) is 11.4 Å². The quantitative estimate of drug-likeness (QED) is 0.187. The molecule has 50 heavy (non-hydrogen) atoms. The van der Waals surface area contributed by atoms with Crippen molar-refractivity contribution < 1.29 is 38.1 Å². The van der Waals surface area contributed by atoms with Gasteiger partial charge in [0.05, 0.1) is 33.3 Å². The van der Waals surface area contributed by atoms with E-state index in [1.807, 2.05) is 68.7 Å². The molecule has 3 amide bonds. The van der Waals surface area contributed by atoms with Crippen LogP contribution in [0.5, 0.6) is 17.2 Å². The number of carbonyl (C=O) groups excluding carboxylic acids is 3. The molecule has 1 saturated carbocycles. The largest absolute Gasteiger partial charge is 0.497 e. The normalized spacial score (nSPS) is 17.7. The average molecular weight is 696 g/mol. The Morgan fingerprint density at radius 2 is 1.58 bits per heavy atom. The Kier molecular flexibility index (Phi) is 13.8. The number of methoxy groups -OCH3 is 3. The van der Waals surface area contributed by atoms with Gasteiger partial charge in [0.15, 0.2) is 11.5 Å². The molecule has 0 unspecified atom stereocenters. The molecule has 11 nitrogen and oxygen atoms in total. The Morgan fingerprint density at radius 3 is 2.18 bits per heavy atom. The molecule has 2 fully saturated rings. The van der Waals surface area contributed by atoms with E-state index in [0.29, 0.717) is 75.5 Å². The molecule has 0 aromatic heterocycles. The van der Waals surface area contributed by atoms with Gasteiger partial charge in [-0.05, 0) is 103 Å². The minimum absolute atomic E-state index is 0.0910. The van der Waals surface area contributed by atoms with Crippen LogP contribution in [0.15, 0.2) is 42.5 Å². The lowest BCUT2D eigenvalue weighted by Gasteiger charge is -2.45. The highest BCUT2D eigenvalue weighted by molar-refractivity contribution is 5.95. The van der Waals surface area contributed by atoms with Crippen LogP contribution in [-0.4, -0.2) is 110 Å². The number of carbonyl (C=O) groups is 3. The second-order valence-electron chi connectivity index (χ2n) is 14.5. The molecule has 2 aromatic carbocycles.